The van der Waals surface area contributed by atoms with Crippen LogP contribution in [0.5, 0.6) is 0 Å². The van der Waals surface area contributed by atoms with Gasteiger partial charge in [0.05, 0.1) is 12.2 Å². The van der Waals surface area contributed by atoms with Crippen LogP contribution in [0, 0.1) is 0 Å². The lowest BCUT2D eigenvalue weighted by Gasteiger charge is -2.30. The highest BCUT2D eigenvalue weighted by atomic mass is 32.1. The van der Waals surface area contributed by atoms with E-state index < -0.39 is 0 Å². The number of rotatable bonds is 4. The fourth-order valence-corrected chi connectivity index (χ4v) is 7.45. The summed E-state index contributed by atoms with van der Waals surface area (Å²) in [6.07, 6.45) is 7.82. The van der Waals surface area contributed by atoms with E-state index in [1.807, 2.05) is 29.5 Å². The molecule has 2 aliphatic rings. The van der Waals surface area contributed by atoms with Crippen molar-refractivity contribution in [2.45, 2.75) is 44.7 Å². The quantitative estimate of drug-likeness (QED) is 0.369. The summed E-state index contributed by atoms with van der Waals surface area (Å²) < 4.78 is 2.35. The van der Waals surface area contributed by atoms with Crippen LogP contribution in [0.4, 0.5) is 4.79 Å². The number of benzene rings is 1. The van der Waals surface area contributed by atoms with Gasteiger partial charge in [-0.1, -0.05) is 36.4 Å². The third-order valence-electron chi connectivity index (χ3n) is 6.79. The zero-order valence-electron chi connectivity index (χ0n) is 18.5. The summed E-state index contributed by atoms with van der Waals surface area (Å²) in [5, 5.41) is 6.65. The Morgan fingerprint density at radius 1 is 1.00 bits per heavy atom. The molecular formula is C27H27N3OS2. The number of fused-ring (bicyclic) bond motifs is 5. The van der Waals surface area contributed by atoms with E-state index in [4.69, 9.17) is 0 Å². The molecule has 0 radical (unpaired) electrons. The van der Waals surface area contributed by atoms with Gasteiger partial charge in [0.2, 0.25) is 0 Å². The van der Waals surface area contributed by atoms with Crippen LogP contribution in [0.2, 0.25) is 0 Å². The van der Waals surface area contributed by atoms with E-state index in [0.29, 0.717) is 13.1 Å². The van der Waals surface area contributed by atoms with Gasteiger partial charge in [-0.05, 0) is 66.8 Å². The summed E-state index contributed by atoms with van der Waals surface area (Å²) in [6, 6.07) is 18.8. The molecule has 6 rings (SSSR count). The van der Waals surface area contributed by atoms with Crippen LogP contribution >= 0.6 is 22.7 Å². The fraction of sp³-hybridized carbons (Fsp3) is 0.296. The second kappa shape index (κ2) is 8.84. The SMILES string of the molecule is O=C(NCCc1ccccc1)N1Cc2c(sc3c2CCCC3)-n2cccc2[C@H]1c1cccs1. The maximum Gasteiger partial charge on any atom is 0.318 e. The van der Waals surface area contributed by atoms with Gasteiger partial charge in [0.1, 0.15) is 11.0 Å². The number of thiophene rings is 2. The number of hydrogen-bond donors (Lipinski definition) is 1. The first-order chi connectivity index (χ1) is 16.3. The molecule has 6 heteroatoms. The lowest BCUT2D eigenvalue weighted by molar-refractivity contribution is 0.181. The molecule has 4 aromatic rings. The highest BCUT2D eigenvalue weighted by molar-refractivity contribution is 7.15. The van der Waals surface area contributed by atoms with Crippen molar-refractivity contribution < 1.29 is 4.79 Å². The maximum atomic E-state index is 13.7. The minimum Gasteiger partial charge on any atom is -0.338 e. The summed E-state index contributed by atoms with van der Waals surface area (Å²) in [6.45, 7) is 1.29. The van der Waals surface area contributed by atoms with E-state index in [-0.39, 0.29) is 12.1 Å². The van der Waals surface area contributed by atoms with Crippen LogP contribution in [0.1, 0.15) is 51.0 Å². The molecule has 0 spiro atoms. The number of urea groups is 1. The van der Waals surface area contributed by atoms with Gasteiger partial charge in [-0.3, -0.25) is 0 Å². The van der Waals surface area contributed by atoms with Gasteiger partial charge in [-0.25, -0.2) is 4.79 Å². The molecule has 0 bridgehead atoms. The van der Waals surface area contributed by atoms with Crippen LogP contribution in [0.25, 0.3) is 5.00 Å². The van der Waals surface area contributed by atoms with E-state index in [0.717, 1.165) is 12.8 Å². The molecule has 4 heterocycles. The van der Waals surface area contributed by atoms with Gasteiger partial charge in [0.25, 0.3) is 0 Å². The normalized spacial score (nSPS) is 17.1. The number of amides is 2. The van der Waals surface area contributed by atoms with E-state index in [1.54, 1.807) is 11.3 Å². The highest BCUT2D eigenvalue weighted by Gasteiger charge is 2.36. The van der Waals surface area contributed by atoms with Crippen molar-refractivity contribution in [2.75, 3.05) is 6.54 Å². The highest BCUT2D eigenvalue weighted by Crippen LogP contribution is 2.44. The third-order valence-corrected chi connectivity index (χ3v) is 9.04. The van der Waals surface area contributed by atoms with Crippen LogP contribution in [0.3, 0.4) is 0 Å². The molecule has 0 unspecified atom stereocenters. The molecule has 0 saturated heterocycles. The van der Waals surface area contributed by atoms with Gasteiger partial charge in [-0.2, -0.15) is 0 Å². The van der Waals surface area contributed by atoms with E-state index in [2.05, 4.69) is 62.8 Å². The molecular weight excluding hydrogens is 446 g/mol. The second-order valence-electron chi connectivity index (χ2n) is 8.81. The van der Waals surface area contributed by atoms with E-state index in [1.165, 1.54) is 56.4 Å². The lowest BCUT2D eigenvalue weighted by atomic mass is 9.95. The summed E-state index contributed by atoms with van der Waals surface area (Å²) >= 11 is 3.66. The van der Waals surface area contributed by atoms with Crippen LogP contribution in [-0.2, 0) is 25.8 Å². The molecule has 3 aromatic heterocycles. The van der Waals surface area contributed by atoms with Gasteiger partial charge >= 0.3 is 6.03 Å². The minimum absolute atomic E-state index is 0.0145. The first-order valence-corrected chi connectivity index (χ1v) is 13.4. The van der Waals surface area contributed by atoms with Crippen molar-refractivity contribution in [3.63, 3.8) is 0 Å². The number of nitrogens with one attached hydrogen (secondary N) is 1. The summed E-state index contributed by atoms with van der Waals surface area (Å²) in [7, 11) is 0. The van der Waals surface area contributed by atoms with Crippen molar-refractivity contribution in [1.82, 2.24) is 14.8 Å². The first-order valence-electron chi connectivity index (χ1n) is 11.7. The molecule has 1 N–H and O–H groups in total. The topological polar surface area (TPSA) is 37.3 Å². The summed E-state index contributed by atoms with van der Waals surface area (Å²) in [5.41, 5.74) is 5.26. The molecule has 1 aromatic carbocycles. The Labute approximate surface area is 202 Å². The average molecular weight is 474 g/mol. The molecule has 1 aliphatic heterocycles. The van der Waals surface area contributed by atoms with Gasteiger partial charge < -0.3 is 14.8 Å². The van der Waals surface area contributed by atoms with Crippen LogP contribution in [0.15, 0.2) is 66.2 Å². The summed E-state index contributed by atoms with van der Waals surface area (Å²) in [4.78, 5) is 18.5. The molecule has 0 fully saturated rings. The largest absolute Gasteiger partial charge is 0.338 e. The first kappa shape index (κ1) is 20.8. The number of aromatic nitrogens is 1. The maximum absolute atomic E-state index is 13.7. The van der Waals surface area contributed by atoms with Gasteiger partial charge in [0, 0.05) is 28.1 Å². The number of hydrogen-bond acceptors (Lipinski definition) is 3. The Balaban J connectivity index is 1.37. The molecule has 2 amide bonds. The summed E-state index contributed by atoms with van der Waals surface area (Å²) in [5.74, 6) is 0. The molecule has 168 valence electrons. The van der Waals surface area contributed by atoms with Gasteiger partial charge in [0.15, 0.2) is 0 Å². The Morgan fingerprint density at radius 3 is 2.73 bits per heavy atom. The standard InChI is InChI=1S/C27H27N3OS2/c31-27(28-15-14-19-8-2-1-3-9-19)30-18-21-20-10-4-5-12-23(20)33-26(21)29-16-6-11-22(29)25(30)24-13-7-17-32-24/h1-3,6-9,11,13,16-17,25H,4-5,10,12,14-15,18H2,(H,28,31)/t25-/m0/s1. The van der Waals surface area contributed by atoms with E-state index >= 15 is 0 Å². The average Bonchev–Trinajstić information content (AvgIpc) is 3.59. The number of nitrogens with zero attached hydrogens (tertiary/aromatic N) is 2. The predicted octanol–water partition coefficient (Wildman–Crippen LogP) is 6.34. The predicted molar refractivity (Wildman–Crippen MR) is 136 cm³/mol. The Hall–Kier alpha value is -2.83. The van der Waals surface area contributed by atoms with Crippen molar-refractivity contribution in [1.29, 1.82) is 0 Å². The molecule has 33 heavy (non-hydrogen) atoms. The monoisotopic (exact) mass is 473 g/mol. The van der Waals surface area contributed by atoms with Crippen LogP contribution in [-0.4, -0.2) is 22.0 Å². The van der Waals surface area contributed by atoms with Gasteiger partial charge in [-0.15, -0.1) is 22.7 Å². The molecule has 4 nitrogen and oxygen atoms in total. The fourth-order valence-electron chi connectivity index (χ4n) is 5.19. The third kappa shape index (κ3) is 3.81. The second-order valence-corrected chi connectivity index (χ2v) is 10.9. The van der Waals surface area contributed by atoms with Crippen LogP contribution < -0.4 is 5.32 Å². The smallest absolute Gasteiger partial charge is 0.318 e. The van der Waals surface area contributed by atoms with E-state index in [9.17, 15) is 4.79 Å². The van der Waals surface area contributed by atoms with Crippen molar-refractivity contribution in [3.8, 4) is 5.00 Å². The lowest BCUT2D eigenvalue weighted by Crippen LogP contribution is -2.42. The molecule has 0 saturated carbocycles. The number of carbonyl (C=O) groups excluding carboxylic acids is 1. The zero-order valence-corrected chi connectivity index (χ0v) is 20.1. The minimum atomic E-state index is -0.0874. The molecule has 1 atom stereocenters. The zero-order chi connectivity index (χ0) is 22.2. The molecule has 1 aliphatic carbocycles. The Morgan fingerprint density at radius 2 is 1.88 bits per heavy atom. The number of carbonyl (C=O) groups is 1. The number of aryl methyl sites for hydroxylation is 1. The van der Waals surface area contributed by atoms with Crippen molar-refractivity contribution >= 4 is 28.7 Å². The Bertz CT molecular complexity index is 1260. The Kier molecular flexibility index (Phi) is 5.56. The van der Waals surface area contributed by atoms with Crippen molar-refractivity contribution in [3.05, 3.63) is 98.3 Å². The van der Waals surface area contributed by atoms with Crippen molar-refractivity contribution in [2.24, 2.45) is 0 Å².